The van der Waals surface area contributed by atoms with Crippen molar-refractivity contribution in [3.8, 4) is 0 Å². The summed E-state index contributed by atoms with van der Waals surface area (Å²) < 4.78 is 2.33. The van der Waals surface area contributed by atoms with Gasteiger partial charge in [0.05, 0.1) is 17.6 Å². The maximum Gasteiger partial charge on any atom is 0.257 e. The average molecular weight is 468 g/mol. The van der Waals surface area contributed by atoms with E-state index in [2.05, 4.69) is 42.3 Å². The first kappa shape index (κ1) is 21.2. The van der Waals surface area contributed by atoms with Gasteiger partial charge in [0.2, 0.25) is 0 Å². The number of nitrogens with one attached hydrogen (secondary N) is 1. The molecule has 8 heteroatoms. The molecule has 2 N–H and O–H groups in total. The van der Waals surface area contributed by atoms with Crippen LogP contribution in [0.2, 0.25) is 0 Å². The van der Waals surface area contributed by atoms with Crippen LogP contribution < -0.4 is 21.6 Å². The number of rotatable bonds is 0. The Bertz CT molecular complexity index is 1060. The SMILES string of the molecule is Cn1ccc2c(c1=O)=CC1(CC3(C)ON(CC3(C)C)NOC(C)(C)C1(C)O)C=2Br. The lowest BCUT2D eigenvalue weighted by Crippen LogP contribution is -2.63. The molecule has 7 nitrogen and oxygen atoms in total. The van der Waals surface area contributed by atoms with Gasteiger partial charge in [-0.25, -0.2) is 0 Å². The van der Waals surface area contributed by atoms with E-state index in [1.165, 1.54) is 0 Å². The Morgan fingerprint density at radius 3 is 2.52 bits per heavy atom. The summed E-state index contributed by atoms with van der Waals surface area (Å²) in [6.45, 7) is 12.4. The van der Waals surface area contributed by atoms with E-state index in [9.17, 15) is 9.90 Å². The predicted octanol–water partition coefficient (Wildman–Crippen LogP) is 1.07. The Labute approximate surface area is 179 Å². The van der Waals surface area contributed by atoms with Gasteiger partial charge in [0.15, 0.2) is 0 Å². The quantitative estimate of drug-likeness (QED) is 0.594. The van der Waals surface area contributed by atoms with E-state index >= 15 is 0 Å². The summed E-state index contributed by atoms with van der Waals surface area (Å²) in [5.74, 6) is 0. The molecule has 4 atom stereocenters. The van der Waals surface area contributed by atoms with Gasteiger partial charge in [0.1, 0.15) is 11.2 Å². The number of halogens is 1. The molecule has 0 amide bonds. The summed E-state index contributed by atoms with van der Waals surface area (Å²) in [5, 5.41) is 15.1. The molecular formula is C21H30BrN3O4. The van der Waals surface area contributed by atoms with Crippen LogP contribution in [0, 0.1) is 10.8 Å². The van der Waals surface area contributed by atoms with E-state index in [1.54, 1.807) is 29.9 Å². The maximum atomic E-state index is 12.9. The maximum absolute atomic E-state index is 12.9. The van der Waals surface area contributed by atoms with E-state index in [-0.39, 0.29) is 11.0 Å². The molecule has 2 fully saturated rings. The first-order valence-corrected chi connectivity index (χ1v) is 10.7. The van der Waals surface area contributed by atoms with Gasteiger partial charge in [0, 0.05) is 28.4 Å². The molecule has 0 saturated carbocycles. The van der Waals surface area contributed by atoms with Gasteiger partial charge in [0.25, 0.3) is 5.56 Å². The molecule has 3 aliphatic rings. The van der Waals surface area contributed by atoms with Gasteiger partial charge < -0.3 is 9.67 Å². The number of aryl methyl sites for hydroxylation is 1. The predicted molar refractivity (Wildman–Crippen MR) is 114 cm³/mol. The third-order valence-corrected chi connectivity index (χ3v) is 8.80. The van der Waals surface area contributed by atoms with Crippen LogP contribution in [0.15, 0.2) is 17.1 Å². The molecule has 0 radical (unpaired) electrons. The highest BCUT2D eigenvalue weighted by Crippen LogP contribution is 2.59. The van der Waals surface area contributed by atoms with Crippen molar-refractivity contribution in [1.82, 2.24) is 15.3 Å². The first-order valence-electron chi connectivity index (χ1n) is 9.89. The first-order chi connectivity index (χ1) is 13.2. The van der Waals surface area contributed by atoms with Crippen LogP contribution in [0.1, 0.15) is 48.0 Å². The van der Waals surface area contributed by atoms with Crippen LogP contribution in [0.3, 0.4) is 0 Å². The van der Waals surface area contributed by atoms with Crippen LogP contribution in [0.5, 0.6) is 0 Å². The fourth-order valence-electron chi connectivity index (χ4n) is 4.77. The second-order valence-electron chi connectivity index (χ2n) is 10.2. The third-order valence-electron chi connectivity index (χ3n) is 7.67. The topological polar surface area (TPSA) is 76.0 Å². The number of aromatic nitrogens is 1. The summed E-state index contributed by atoms with van der Waals surface area (Å²) >= 11 is 3.79. The number of fused-ring (bicyclic) bond motifs is 3. The fourth-order valence-corrected chi connectivity index (χ4v) is 5.75. The van der Waals surface area contributed by atoms with Crippen LogP contribution >= 0.6 is 15.9 Å². The Kier molecular flexibility index (Phi) is 4.40. The highest BCUT2D eigenvalue weighted by atomic mass is 79.9. The minimum absolute atomic E-state index is 0.0952. The molecule has 1 aromatic heterocycles. The Morgan fingerprint density at radius 1 is 1.21 bits per heavy atom. The summed E-state index contributed by atoms with van der Waals surface area (Å²) in [4.78, 5) is 25.2. The second kappa shape index (κ2) is 6.02. The zero-order valence-corrected chi connectivity index (χ0v) is 19.7. The molecule has 1 aromatic rings. The number of hydroxylamine groups is 1. The van der Waals surface area contributed by atoms with Crippen molar-refractivity contribution in [3.05, 3.63) is 33.1 Å². The number of hydrogen-bond donors (Lipinski definition) is 2. The molecule has 2 aliphatic heterocycles. The smallest absolute Gasteiger partial charge is 0.257 e. The molecule has 1 aliphatic carbocycles. The normalized spacial score (nSPS) is 40.2. The summed E-state index contributed by atoms with van der Waals surface area (Å²) in [7, 11) is 1.73. The molecule has 4 rings (SSSR count). The van der Waals surface area contributed by atoms with E-state index in [4.69, 9.17) is 9.68 Å². The van der Waals surface area contributed by atoms with Gasteiger partial charge in [-0.3, -0.25) is 14.5 Å². The number of nitrogens with zero attached hydrogens (tertiary/aromatic N) is 2. The van der Waals surface area contributed by atoms with E-state index in [1.807, 2.05) is 26.0 Å². The van der Waals surface area contributed by atoms with Crippen LogP contribution in [0.25, 0.3) is 10.6 Å². The Hall–Kier alpha value is -1.03. The molecule has 160 valence electrons. The van der Waals surface area contributed by atoms with E-state index in [0.29, 0.717) is 18.2 Å². The lowest BCUT2D eigenvalue weighted by Gasteiger charge is -2.53. The Balaban J connectivity index is 2.06. The minimum Gasteiger partial charge on any atom is -0.386 e. The van der Waals surface area contributed by atoms with Crippen LogP contribution in [-0.2, 0) is 16.7 Å². The molecule has 3 heterocycles. The zero-order chi connectivity index (χ0) is 21.6. The van der Waals surface area contributed by atoms with Crippen molar-refractivity contribution in [3.63, 3.8) is 0 Å². The average Bonchev–Trinajstić information content (AvgIpc) is 3.01. The lowest BCUT2D eigenvalue weighted by atomic mass is 9.58. The summed E-state index contributed by atoms with van der Waals surface area (Å²) in [5.41, 5.74) is -1.40. The molecular weight excluding hydrogens is 438 g/mol. The van der Waals surface area contributed by atoms with E-state index in [0.717, 1.165) is 9.70 Å². The van der Waals surface area contributed by atoms with Crippen molar-refractivity contribution in [1.29, 1.82) is 0 Å². The van der Waals surface area contributed by atoms with Gasteiger partial charge in [-0.15, -0.1) is 5.59 Å². The minimum atomic E-state index is -1.39. The standard InChI is InChI=1S/C21H30BrN3O4/c1-17(2)12-25-23-28-18(3,4)20(6,27)21(11-19(17,5)29-25)10-14-13(15(21)22)8-9-24(7)16(14)26/h8-10,23,27H,11-12H2,1-7H3. The fraction of sp³-hybridized carbons (Fsp3) is 0.667. The lowest BCUT2D eigenvalue weighted by molar-refractivity contribution is -0.313. The van der Waals surface area contributed by atoms with Crippen molar-refractivity contribution in [2.24, 2.45) is 17.9 Å². The monoisotopic (exact) mass is 467 g/mol. The largest absolute Gasteiger partial charge is 0.386 e. The second-order valence-corrected chi connectivity index (χ2v) is 11.0. The van der Waals surface area contributed by atoms with Gasteiger partial charge in [-0.2, -0.15) is 0 Å². The molecule has 0 aromatic carbocycles. The summed E-state index contributed by atoms with van der Waals surface area (Å²) in [6.07, 6.45) is 4.13. The highest BCUT2D eigenvalue weighted by Gasteiger charge is 2.65. The molecule has 2 bridgehead atoms. The van der Waals surface area contributed by atoms with Crippen LogP contribution in [0.4, 0.5) is 0 Å². The van der Waals surface area contributed by atoms with Crippen LogP contribution in [-0.4, -0.2) is 38.2 Å². The number of hydrazine groups is 1. The van der Waals surface area contributed by atoms with Crippen molar-refractivity contribution >= 4 is 26.5 Å². The van der Waals surface area contributed by atoms with Gasteiger partial charge in [-0.1, -0.05) is 41.0 Å². The number of hydrogen-bond acceptors (Lipinski definition) is 6. The van der Waals surface area contributed by atoms with Gasteiger partial charge >= 0.3 is 0 Å². The zero-order valence-electron chi connectivity index (χ0n) is 18.1. The number of pyridine rings is 1. The molecule has 29 heavy (non-hydrogen) atoms. The van der Waals surface area contributed by atoms with Crippen molar-refractivity contribution < 1.29 is 14.8 Å². The molecule has 2 saturated heterocycles. The third kappa shape index (κ3) is 2.63. The van der Waals surface area contributed by atoms with Crippen molar-refractivity contribution in [2.75, 3.05) is 6.54 Å². The van der Waals surface area contributed by atoms with Crippen molar-refractivity contribution in [2.45, 2.75) is 64.8 Å². The summed E-state index contributed by atoms with van der Waals surface area (Å²) in [6, 6.07) is 1.91. The Morgan fingerprint density at radius 2 is 1.86 bits per heavy atom. The van der Waals surface area contributed by atoms with E-state index < -0.39 is 22.2 Å². The highest BCUT2D eigenvalue weighted by molar-refractivity contribution is 9.15. The number of aliphatic hydroxyl groups is 1. The molecule has 1 spiro atoms. The molecule has 4 unspecified atom stereocenters. The van der Waals surface area contributed by atoms with Gasteiger partial charge in [-0.05, 0) is 45.4 Å².